The third-order valence-corrected chi connectivity index (χ3v) is 7.76. The predicted octanol–water partition coefficient (Wildman–Crippen LogP) is 0.380. The maximum absolute atomic E-state index is 14.0. The van der Waals surface area contributed by atoms with Crippen LogP contribution in [-0.4, -0.2) is 98.4 Å². The molecular formula is C20H26F2N6O3S. The van der Waals surface area contributed by atoms with Gasteiger partial charge in [-0.2, -0.15) is 4.31 Å². The summed E-state index contributed by atoms with van der Waals surface area (Å²) in [5, 5.41) is 17.7. The highest BCUT2D eigenvalue weighted by Gasteiger charge is 2.31. The fourth-order valence-electron chi connectivity index (χ4n) is 3.98. The SMILES string of the molecule is O=S(=O)(c1ccc(F)cc1F)N1CCN(c2ccc(N3CCN(CCO)CC3)nn2)CC1. The Bertz CT molecular complexity index is 1020. The Morgan fingerprint density at radius 2 is 1.41 bits per heavy atom. The summed E-state index contributed by atoms with van der Waals surface area (Å²) < 4.78 is 53.8. The molecule has 0 bridgehead atoms. The van der Waals surface area contributed by atoms with Crippen LogP contribution < -0.4 is 9.80 Å². The number of aliphatic hydroxyl groups excluding tert-OH is 1. The number of nitrogens with zero attached hydrogens (tertiary/aromatic N) is 6. The normalized spacial score (nSPS) is 18.8. The Labute approximate surface area is 185 Å². The van der Waals surface area contributed by atoms with E-state index in [9.17, 15) is 17.2 Å². The summed E-state index contributed by atoms with van der Waals surface area (Å²) in [7, 11) is -4.04. The summed E-state index contributed by atoms with van der Waals surface area (Å²) in [5.74, 6) is -0.477. The lowest BCUT2D eigenvalue weighted by atomic mass is 10.3. The van der Waals surface area contributed by atoms with Crippen LogP contribution in [0.5, 0.6) is 0 Å². The van der Waals surface area contributed by atoms with Gasteiger partial charge >= 0.3 is 0 Å². The molecule has 12 heteroatoms. The maximum Gasteiger partial charge on any atom is 0.246 e. The van der Waals surface area contributed by atoms with E-state index in [4.69, 9.17) is 5.11 Å². The minimum atomic E-state index is -4.04. The first kappa shape index (κ1) is 22.8. The quantitative estimate of drug-likeness (QED) is 0.651. The van der Waals surface area contributed by atoms with Crippen molar-refractivity contribution in [2.75, 3.05) is 75.3 Å². The zero-order valence-corrected chi connectivity index (χ0v) is 18.4. The summed E-state index contributed by atoms with van der Waals surface area (Å²) >= 11 is 0. The van der Waals surface area contributed by atoms with Gasteiger partial charge in [0.2, 0.25) is 10.0 Å². The maximum atomic E-state index is 14.0. The van der Waals surface area contributed by atoms with Gasteiger partial charge in [0.1, 0.15) is 16.5 Å². The van der Waals surface area contributed by atoms with Gasteiger partial charge < -0.3 is 14.9 Å². The van der Waals surface area contributed by atoms with Crippen molar-refractivity contribution in [3.63, 3.8) is 0 Å². The first-order chi connectivity index (χ1) is 15.4. The molecule has 2 fully saturated rings. The van der Waals surface area contributed by atoms with Gasteiger partial charge in [-0.1, -0.05) is 0 Å². The van der Waals surface area contributed by atoms with Gasteiger partial charge in [-0.05, 0) is 24.3 Å². The number of hydrogen-bond acceptors (Lipinski definition) is 8. The van der Waals surface area contributed by atoms with Crippen molar-refractivity contribution in [2.45, 2.75) is 4.90 Å². The van der Waals surface area contributed by atoms with E-state index in [2.05, 4.69) is 20.0 Å². The molecule has 1 N–H and O–H groups in total. The van der Waals surface area contributed by atoms with Crippen LogP contribution in [0.3, 0.4) is 0 Å². The Hall–Kier alpha value is -2.41. The minimum Gasteiger partial charge on any atom is -0.395 e. The molecule has 2 aliphatic rings. The number of piperazine rings is 2. The average Bonchev–Trinajstić information content (AvgIpc) is 2.80. The third kappa shape index (κ3) is 4.82. The molecule has 0 radical (unpaired) electrons. The second kappa shape index (κ2) is 9.61. The van der Waals surface area contributed by atoms with Gasteiger partial charge in [0.15, 0.2) is 11.6 Å². The molecule has 0 unspecified atom stereocenters. The standard InChI is InChI=1S/C20H26F2N6O3S/c21-16-1-2-18(17(22)15-16)32(30,31)28-11-9-27(10-12-28)20-4-3-19(23-24-20)26-7-5-25(6-8-26)13-14-29/h1-4,15,29H,5-14H2. The Balaban J connectivity index is 1.35. The number of aromatic nitrogens is 2. The zero-order chi connectivity index (χ0) is 22.7. The number of rotatable bonds is 6. The van der Waals surface area contributed by atoms with Crippen molar-refractivity contribution in [1.82, 2.24) is 19.4 Å². The number of anilines is 2. The van der Waals surface area contributed by atoms with Crippen molar-refractivity contribution in [1.29, 1.82) is 0 Å². The Kier molecular flexibility index (Phi) is 6.84. The summed E-state index contributed by atoms with van der Waals surface area (Å²) in [6, 6.07) is 6.25. The molecule has 2 aromatic rings. The topological polar surface area (TPSA) is 93.1 Å². The van der Waals surface area contributed by atoms with Crippen LogP contribution in [0, 0.1) is 11.6 Å². The Morgan fingerprint density at radius 3 is 1.91 bits per heavy atom. The van der Waals surface area contributed by atoms with E-state index in [-0.39, 0.29) is 19.7 Å². The zero-order valence-electron chi connectivity index (χ0n) is 17.6. The fraction of sp³-hybridized carbons (Fsp3) is 0.500. The van der Waals surface area contributed by atoms with E-state index >= 15 is 0 Å². The van der Waals surface area contributed by atoms with Gasteiger partial charge in [-0.15, -0.1) is 10.2 Å². The van der Waals surface area contributed by atoms with Crippen molar-refractivity contribution < 1.29 is 22.3 Å². The van der Waals surface area contributed by atoms with E-state index in [0.717, 1.165) is 44.1 Å². The largest absolute Gasteiger partial charge is 0.395 e. The number of benzene rings is 1. The van der Waals surface area contributed by atoms with Gasteiger partial charge in [-0.3, -0.25) is 4.90 Å². The second-order valence-corrected chi connectivity index (χ2v) is 9.67. The lowest BCUT2D eigenvalue weighted by molar-refractivity contribution is 0.188. The molecule has 0 saturated carbocycles. The first-order valence-electron chi connectivity index (χ1n) is 10.5. The van der Waals surface area contributed by atoms with Crippen LogP contribution in [-0.2, 0) is 10.0 Å². The highest BCUT2D eigenvalue weighted by atomic mass is 32.2. The number of β-amino-alcohol motifs (C(OH)–C–C–N with tert-alkyl or cyclic N) is 1. The highest BCUT2D eigenvalue weighted by Crippen LogP contribution is 2.23. The third-order valence-electron chi connectivity index (χ3n) is 5.82. The van der Waals surface area contributed by atoms with Gasteiger partial charge in [0, 0.05) is 65.0 Å². The van der Waals surface area contributed by atoms with Crippen LogP contribution in [0.15, 0.2) is 35.2 Å². The van der Waals surface area contributed by atoms with Crippen molar-refractivity contribution >= 4 is 21.7 Å². The van der Waals surface area contributed by atoms with E-state index in [0.29, 0.717) is 31.5 Å². The van der Waals surface area contributed by atoms with Gasteiger partial charge in [0.25, 0.3) is 0 Å². The molecule has 32 heavy (non-hydrogen) atoms. The number of aliphatic hydroxyl groups is 1. The summed E-state index contributed by atoms with van der Waals surface area (Å²) in [5.41, 5.74) is 0. The summed E-state index contributed by atoms with van der Waals surface area (Å²) in [6.07, 6.45) is 0. The summed E-state index contributed by atoms with van der Waals surface area (Å²) in [4.78, 5) is 5.76. The van der Waals surface area contributed by atoms with Crippen molar-refractivity contribution in [3.8, 4) is 0 Å². The molecular weight excluding hydrogens is 442 g/mol. The monoisotopic (exact) mass is 468 g/mol. The molecule has 4 rings (SSSR count). The van der Waals surface area contributed by atoms with Crippen LogP contribution >= 0.6 is 0 Å². The molecule has 9 nitrogen and oxygen atoms in total. The van der Waals surface area contributed by atoms with Crippen LogP contribution in [0.4, 0.5) is 20.4 Å². The first-order valence-corrected chi connectivity index (χ1v) is 11.9. The van der Waals surface area contributed by atoms with E-state index in [1.54, 1.807) is 0 Å². The van der Waals surface area contributed by atoms with Crippen molar-refractivity contribution in [2.24, 2.45) is 0 Å². The fourth-order valence-corrected chi connectivity index (χ4v) is 5.45. The second-order valence-electron chi connectivity index (χ2n) is 7.77. The van der Waals surface area contributed by atoms with E-state index in [1.807, 2.05) is 17.0 Å². The minimum absolute atomic E-state index is 0.155. The van der Waals surface area contributed by atoms with Crippen molar-refractivity contribution in [3.05, 3.63) is 42.0 Å². The van der Waals surface area contributed by atoms with Crippen LogP contribution in [0.25, 0.3) is 0 Å². The molecule has 2 aliphatic heterocycles. The number of hydrogen-bond donors (Lipinski definition) is 1. The predicted molar refractivity (Wildman–Crippen MR) is 115 cm³/mol. The Morgan fingerprint density at radius 1 is 0.844 bits per heavy atom. The molecule has 0 atom stereocenters. The highest BCUT2D eigenvalue weighted by molar-refractivity contribution is 7.89. The van der Waals surface area contributed by atoms with Gasteiger partial charge in [-0.25, -0.2) is 17.2 Å². The molecule has 174 valence electrons. The molecule has 0 spiro atoms. The molecule has 1 aromatic heterocycles. The van der Waals surface area contributed by atoms with Crippen LogP contribution in [0.2, 0.25) is 0 Å². The molecule has 3 heterocycles. The van der Waals surface area contributed by atoms with Gasteiger partial charge in [0.05, 0.1) is 6.61 Å². The molecule has 1 aromatic carbocycles. The van der Waals surface area contributed by atoms with E-state index in [1.165, 1.54) is 4.31 Å². The van der Waals surface area contributed by atoms with E-state index < -0.39 is 26.6 Å². The molecule has 0 amide bonds. The average molecular weight is 469 g/mol. The number of sulfonamides is 1. The smallest absolute Gasteiger partial charge is 0.246 e. The number of halogens is 2. The molecule has 0 aliphatic carbocycles. The lowest BCUT2D eigenvalue weighted by Crippen LogP contribution is -2.49. The van der Waals surface area contributed by atoms with Crippen LogP contribution in [0.1, 0.15) is 0 Å². The lowest BCUT2D eigenvalue weighted by Gasteiger charge is -2.36. The summed E-state index contributed by atoms with van der Waals surface area (Å²) in [6.45, 7) is 5.26. The molecule has 2 saturated heterocycles.